The maximum atomic E-state index is 11.3. The molecule has 0 saturated heterocycles. The molecule has 0 unspecified atom stereocenters. The van der Waals surface area contributed by atoms with E-state index in [1.165, 1.54) is 44.9 Å². The van der Waals surface area contributed by atoms with Crippen LogP contribution in [0.5, 0.6) is 0 Å². The van der Waals surface area contributed by atoms with Gasteiger partial charge in [0.2, 0.25) is 0 Å². The van der Waals surface area contributed by atoms with Crippen molar-refractivity contribution in [2.45, 2.75) is 89.8 Å². The quantitative estimate of drug-likeness (QED) is 0.711. The van der Waals surface area contributed by atoms with Crippen molar-refractivity contribution in [3.8, 4) is 0 Å². The Labute approximate surface area is 129 Å². The molecule has 2 nitrogen and oxygen atoms in total. The number of hydrogen-bond acceptors (Lipinski definition) is 2. The molecule has 0 radical (unpaired) electrons. The first-order chi connectivity index (χ1) is 9.91. The zero-order chi connectivity index (χ0) is 14.9. The van der Waals surface area contributed by atoms with E-state index < -0.39 is 5.60 Å². The van der Waals surface area contributed by atoms with Crippen molar-refractivity contribution in [3.63, 3.8) is 0 Å². The van der Waals surface area contributed by atoms with E-state index in [0.717, 1.165) is 25.2 Å². The summed E-state index contributed by atoms with van der Waals surface area (Å²) in [6, 6.07) is 0. The number of aliphatic hydroxyl groups excluding tert-OH is 1. The molecule has 0 heterocycles. The highest BCUT2D eigenvalue weighted by Crippen LogP contribution is 2.67. The Balaban J connectivity index is 1.68. The second kappa shape index (κ2) is 4.47. The van der Waals surface area contributed by atoms with Gasteiger partial charge in [-0.25, -0.2) is 0 Å². The van der Waals surface area contributed by atoms with Crippen LogP contribution >= 0.6 is 0 Å². The average molecular weight is 292 g/mol. The molecule has 0 aromatic rings. The summed E-state index contributed by atoms with van der Waals surface area (Å²) in [5.41, 5.74) is -0.0813. The van der Waals surface area contributed by atoms with Crippen LogP contribution in [0.25, 0.3) is 0 Å². The van der Waals surface area contributed by atoms with E-state index in [1.54, 1.807) is 0 Å². The molecular weight excluding hydrogens is 260 g/mol. The predicted octanol–water partition coefficient (Wildman–Crippen LogP) is 3.90. The predicted molar refractivity (Wildman–Crippen MR) is 83.8 cm³/mol. The Morgan fingerprint density at radius 2 is 1.57 bits per heavy atom. The molecule has 0 bridgehead atoms. The average Bonchev–Trinajstić information content (AvgIpc) is 2.76. The van der Waals surface area contributed by atoms with Crippen molar-refractivity contribution in [3.05, 3.63) is 0 Å². The zero-order valence-corrected chi connectivity index (χ0v) is 13.8. The van der Waals surface area contributed by atoms with Crippen molar-refractivity contribution in [2.24, 2.45) is 28.6 Å². The highest BCUT2D eigenvalue weighted by molar-refractivity contribution is 5.13. The summed E-state index contributed by atoms with van der Waals surface area (Å²) in [7, 11) is 0. The van der Waals surface area contributed by atoms with Gasteiger partial charge < -0.3 is 10.2 Å². The van der Waals surface area contributed by atoms with E-state index in [-0.39, 0.29) is 16.9 Å². The molecule has 120 valence electrons. The zero-order valence-electron chi connectivity index (χ0n) is 13.8. The van der Waals surface area contributed by atoms with Gasteiger partial charge >= 0.3 is 0 Å². The Bertz CT molecular complexity index is 435. The highest BCUT2D eigenvalue weighted by atomic mass is 16.3. The van der Waals surface area contributed by atoms with Crippen LogP contribution in [0.3, 0.4) is 0 Å². The topological polar surface area (TPSA) is 40.5 Å². The van der Waals surface area contributed by atoms with Crippen LogP contribution in [-0.4, -0.2) is 21.9 Å². The first-order valence-electron chi connectivity index (χ1n) is 9.31. The van der Waals surface area contributed by atoms with Crippen LogP contribution in [0, 0.1) is 28.6 Å². The first kappa shape index (κ1) is 14.5. The van der Waals surface area contributed by atoms with E-state index in [2.05, 4.69) is 13.8 Å². The number of hydrogen-bond donors (Lipinski definition) is 2. The fourth-order valence-corrected chi connectivity index (χ4v) is 7.23. The lowest BCUT2D eigenvalue weighted by Crippen LogP contribution is -2.61. The minimum atomic E-state index is -0.391. The summed E-state index contributed by atoms with van der Waals surface area (Å²) in [5, 5.41) is 21.8. The van der Waals surface area contributed by atoms with Crippen LogP contribution in [0.1, 0.15) is 78.1 Å². The van der Waals surface area contributed by atoms with E-state index in [0.29, 0.717) is 11.8 Å². The van der Waals surface area contributed by atoms with Crippen molar-refractivity contribution < 1.29 is 10.2 Å². The Hall–Kier alpha value is -0.0800. The molecule has 4 saturated carbocycles. The molecule has 0 aromatic carbocycles. The van der Waals surface area contributed by atoms with Gasteiger partial charge in [0.1, 0.15) is 0 Å². The first-order valence-corrected chi connectivity index (χ1v) is 9.31. The molecule has 0 amide bonds. The lowest BCUT2D eigenvalue weighted by molar-refractivity contribution is -0.206. The molecule has 4 rings (SSSR count). The monoisotopic (exact) mass is 292 g/mol. The summed E-state index contributed by atoms with van der Waals surface area (Å²) < 4.78 is 0. The largest absolute Gasteiger partial charge is 0.393 e. The molecule has 0 spiro atoms. The van der Waals surface area contributed by atoms with Crippen LogP contribution < -0.4 is 0 Å². The van der Waals surface area contributed by atoms with E-state index >= 15 is 0 Å². The normalized spacial score (nSPS) is 60.0. The van der Waals surface area contributed by atoms with Gasteiger partial charge in [-0.05, 0) is 80.0 Å². The molecule has 7 atom stereocenters. The third-order valence-electron chi connectivity index (χ3n) is 8.70. The van der Waals surface area contributed by atoms with E-state index in [1.807, 2.05) is 0 Å². The van der Waals surface area contributed by atoms with Crippen LogP contribution in [0.15, 0.2) is 0 Å². The van der Waals surface area contributed by atoms with Gasteiger partial charge in [-0.1, -0.05) is 26.7 Å². The van der Waals surface area contributed by atoms with Gasteiger partial charge in [0, 0.05) is 0 Å². The summed E-state index contributed by atoms with van der Waals surface area (Å²) in [6.07, 6.45) is 11.5. The molecule has 4 fully saturated rings. The Morgan fingerprint density at radius 3 is 2.38 bits per heavy atom. The smallest absolute Gasteiger partial charge is 0.0703 e. The van der Waals surface area contributed by atoms with Gasteiger partial charge in [-0.15, -0.1) is 0 Å². The van der Waals surface area contributed by atoms with Gasteiger partial charge in [-0.2, -0.15) is 0 Å². The van der Waals surface area contributed by atoms with Crippen LogP contribution in [0.2, 0.25) is 0 Å². The fraction of sp³-hybridized carbons (Fsp3) is 1.00. The third kappa shape index (κ3) is 1.72. The molecule has 0 aromatic heterocycles. The lowest BCUT2D eigenvalue weighted by Gasteiger charge is -2.63. The van der Waals surface area contributed by atoms with Gasteiger partial charge in [0.15, 0.2) is 0 Å². The minimum Gasteiger partial charge on any atom is -0.393 e. The molecule has 0 aliphatic heterocycles. The standard InChI is InChI=1S/C19H32O2/c1-17-11-8-15-13(14(17)5-6-16(17)20)7-12-19(21)10-4-3-9-18(15,19)2/h13-16,20-21H,3-12H2,1-2H3/t13-,14-,15-,16-,17-,18+,19+/m0/s1. The Morgan fingerprint density at radius 1 is 0.810 bits per heavy atom. The molecule has 4 aliphatic rings. The van der Waals surface area contributed by atoms with E-state index in [9.17, 15) is 10.2 Å². The number of rotatable bonds is 0. The van der Waals surface area contributed by atoms with Crippen LogP contribution in [-0.2, 0) is 0 Å². The van der Waals surface area contributed by atoms with Crippen molar-refractivity contribution >= 4 is 0 Å². The number of fused-ring (bicyclic) bond motifs is 5. The summed E-state index contributed by atoms with van der Waals surface area (Å²) >= 11 is 0. The lowest BCUT2D eigenvalue weighted by atomic mass is 9.44. The van der Waals surface area contributed by atoms with Crippen molar-refractivity contribution in [1.82, 2.24) is 0 Å². The molecular formula is C19H32O2. The summed E-state index contributed by atoms with van der Waals surface area (Å²) in [6.45, 7) is 4.74. The summed E-state index contributed by atoms with van der Waals surface area (Å²) in [5.74, 6) is 2.15. The third-order valence-corrected chi connectivity index (χ3v) is 8.70. The molecule has 21 heavy (non-hydrogen) atoms. The second-order valence-electron chi connectivity index (χ2n) is 9.21. The minimum absolute atomic E-state index is 0.0802. The molecule has 2 heteroatoms. The van der Waals surface area contributed by atoms with Crippen molar-refractivity contribution in [1.29, 1.82) is 0 Å². The molecule has 2 N–H and O–H groups in total. The summed E-state index contributed by atoms with van der Waals surface area (Å²) in [4.78, 5) is 0. The Kier molecular flexibility index (Phi) is 3.09. The van der Waals surface area contributed by atoms with Crippen molar-refractivity contribution in [2.75, 3.05) is 0 Å². The van der Waals surface area contributed by atoms with E-state index in [4.69, 9.17) is 0 Å². The van der Waals surface area contributed by atoms with Gasteiger partial charge in [0.25, 0.3) is 0 Å². The maximum Gasteiger partial charge on any atom is 0.0703 e. The van der Waals surface area contributed by atoms with Gasteiger partial charge in [0.05, 0.1) is 11.7 Å². The number of aliphatic hydroxyl groups is 2. The molecule has 4 aliphatic carbocycles. The highest BCUT2D eigenvalue weighted by Gasteiger charge is 2.63. The maximum absolute atomic E-state index is 11.3. The second-order valence-corrected chi connectivity index (χ2v) is 9.21. The fourth-order valence-electron chi connectivity index (χ4n) is 7.23. The van der Waals surface area contributed by atoms with Gasteiger partial charge in [-0.3, -0.25) is 0 Å². The van der Waals surface area contributed by atoms with Crippen LogP contribution in [0.4, 0.5) is 0 Å². The SMILES string of the molecule is C[C@]12CC[C@H]3[C@@H](CC[C@]4(O)CCCC[C@]34C)[C@@H]1CC[C@@H]2O.